The van der Waals surface area contributed by atoms with Crippen molar-refractivity contribution < 1.29 is 9.90 Å². The first kappa shape index (κ1) is 15.5. The first-order valence-corrected chi connectivity index (χ1v) is 9.63. The third-order valence-corrected chi connectivity index (χ3v) is 6.87. The number of carboxylic acid groups (broad SMARTS) is 1. The first-order chi connectivity index (χ1) is 12.1. The maximum Gasteiger partial charge on any atom is 0.407 e. The summed E-state index contributed by atoms with van der Waals surface area (Å²) in [7, 11) is 0. The van der Waals surface area contributed by atoms with E-state index in [1.54, 1.807) is 4.90 Å². The zero-order valence-electron chi connectivity index (χ0n) is 14.5. The molecule has 2 aliphatic carbocycles. The van der Waals surface area contributed by atoms with Crippen LogP contribution in [0.1, 0.15) is 62.7 Å². The Hall–Kier alpha value is -1.70. The Balaban J connectivity index is 1.14. The highest BCUT2D eigenvalue weighted by Gasteiger charge is 2.51. The number of carbonyl (C=O) groups is 1. The minimum atomic E-state index is -0.755. The molecule has 1 N–H and O–H groups in total. The van der Waals surface area contributed by atoms with Crippen molar-refractivity contribution in [2.75, 3.05) is 26.2 Å². The van der Waals surface area contributed by atoms with Crippen molar-refractivity contribution in [3.05, 3.63) is 5.82 Å². The molecule has 2 saturated heterocycles. The number of rotatable bonds is 3. The molecular formula is C17H26N6O2. The van der Waals surface area contributed by atoms with Gasteiger partial charge in [0.25, 0.3) is 0 Å². The van der Waals surface area contributed by atoms with Crippen LogP contribution in [0.3, 0.4) is 0 Å². The van der Waals surface area contributed by atoms with Crippen LogP contribution in [0.25, 0.3) is 0 Å². The Morgan fingerprint density at radius 2 is 1.84 bits per heavy atom. The second kappa shape index (κ2) is 5.65. The fraction of sp³-hybridized carbons (Fsp3) is 0.882. The number of tetrazole rings is 1. The summed E-state index contributed by atoms with van der Waals surface area (Å²) in [5.41, 5.74) is 0.274. The van der Waals surface area contributed by atoms with Crippen molar-refractivity contribution >= 4 is 6.09 Å². The number of hydrogen-bond donors (Lipinski definition) is 1. The van der Waals surface area contributed by atoms with E-state index in [-0.39, 0.29) is 5.41 Å². The fourth-order valence-electron chi connectivity index (χ4n) is 5.20. The summed E-state index contributed by atoms with van der Waals surface area (Å²) >= 11 is 0. The maximum absolute atomic E-state index is 11.1. The van der Waals surface area contributed by atoms with Gasteiger partial charge in [-0.15, -0.1) is 5.10 Å². The minimum Gasteiger partial charge on any atom is -0.465 e. The quantitative estimate of drug-likeness (QED) is 0.897. The van der Waals surface area contributed by atoms with E-state index in [0.29, 0.717) is 24.5 Å². The number of hydrogen-bond acceptors (Lipinski definition) is 5. The van der Waals surface area contributed by atoms with Crippen LogP contribution in [0, 0.1) is 5.41 Å². The molecule has 5 rings (SSSR count). The fourth-order valence-corrected chi connectivity index (χ4v) is 5.20. The highest BCUT2D eigenvalue weighted by Crippen LogP contribution is 2.51. The molecule has 0 atom stereocenters. The average Bonchev–Trinajstić information content (AvgIpc) is 3.13. The lowest BCUT2D eigenvalue weighted by atomic mass is 9.64. The monoisotopic (exact) mass is 346 g/mol. The number of likely N-dealkylation sites (tertiary alicyclic amines) is 2. The van der Waals surface area contributed by atoms with E-state index in [0.717, 1.165) is 44.7 Å². The van der Waals surface area contributed by atoms with Gasteiger partial charge in [0, 0.05) is 25.0 Å². The van der Waals surface area contributed by atoms with Gasteiger partial charge in [0.05, 0.1) is 6.04 Å². The molecule has 136 valence electrons. The van der Waals surface area contributed by atoms with E-state index in [9.17, 15) is 4.79 Å². The highest BCUT2D eigenvalue weighted by molar-refractivity contribution is 5.65. The van der Waals surface area contributed by atoms with Gasteiger partial charge in [-0.3, -0.25) is 0 Å². The molecule has 0 aromatic carbocycles. The van der Waals surface area contributed by atoms with Crippen molar-refractivity contribution in [1.82, 2.24) is 30.0 Å². The Morgan fingerprint density at radius 1 is 1.08 bits per heavy atom. The van der Waals surface area contributed by atoms with Gasteiger partial charge in [-0.05, 0) is 73.9 Å². The molecule has 4 fully saturated rings. The van der Waals surface area contributed by atoms with Crippen LogP contribution in [0.15, 0.2) is 0 Å². The van der Waals surface area contributed by atoms with Crippen LogP contribution in [0.5, 0.6) is 0 Å². The Labute approximate surface area is 147 Å². The van der Waals surface area contributed by atoms with Gasteiger partial charge in [-0.25, -0.2) is 9.48 Å². The molecule has 8 nitrogen and oxygen atoms in total. The molecule has 0 unspecified atom stereocenters. The topological polar surface area (TPSA) is 87.4 Å². The lowest BCUT2D eigenvalue weighted by Gasteiger charge is -2.51. The summed E-state index contributed by atoms with van der Waals surface area (Å²) in [5.74, 6) is 1.59. The molecule has 0 radical (unpaired) electrons. The summed E-state index contributed by atoms with van der Waals surface area (Å²) < 4.78 is 2.07. The molecule has 1 amide bonds. The summed E-state index contributed by atoms with van der Waals surface area (Å²) in [5, 5.41) is 21.6. The van der Waals surface area contributed by atoms with Crippen LogP contribution >= 0.6 is 0 Å². The summed E-state index contributed by atoms with van der Waals surface area (Å²) in [6.45, 7) is 3.69. The smallest absolute Gasteiger partial charge is 0.407 e. The minimum absolute atomic E-state index is 0.274. The van der Waals surface area contributed by atoms with Gasteiger partial charge in [-0.1, -0.05) is 0 Å². The van der Waals surface area contributed by atoms with E-state index in [2.05, 4.69) is 25.1 Å². The van der Waals surface area contributed by atoms with Crippen molar-refractivity contribution in [2.45, 2.75) is 62.9 Å². The number of aromatic nitrogens is 4. The van der Waals surface area contributed by atoms with Gasteiger partial charge in [0.15, 0.2) is 5.82 Å². The summed E-state index contributed by atoms with van der Waals surface area (Å²) in [4.78, 5) is 15.4. The number of nitrogens with zero attached hydrogens (tertiary/aromatic N) is 6. The molecule has 3 heterocycles. The maximum atomic E-state index is 11.1. The predicted octanol–water partition coefficient (Wildman–Crippen LogP) is 1.72. The molecule has 2 saturated carbocycles. The molecule has 4 aliphatic rings. The summed E-state index contributed by atoms with van der Waals surface area (Å²) in [6, 6.07) is 1.20. The van der Waals surface area contributed by atoms with Crippen LogP contribution < -0.4 is 0 Å². The van der Waals surface area contributed by atoms with Gasteiger partial charge in [-0.2, -0.15) is 0 Å². The van der Waals surface area contributed by atoms with Gasteiger partial charge in [0.2, 0.25) is 0 Å². The largest absolute Gasteiger partial charge is 0.465 e. The van der Waals surface area contributed by atoms with E-state index >= 15 is 0 Å². The summed E-state index contributed by atoms with van der Waals surface area (Å²) in [6.07, 6.45) is 7.33. The zero-order valence-corrected chi connectivity index (χ0v) is 14.5. The average molecular weight is 346 g/mol. The van der Waals surface area contributed by atoms with E-state index in [1.807, 2.05) is 0 Å². The molecule has 0 bridgehead atoms. The van der Waals surface area contributed by atoms with E-state index in [4.69, 9.17) is 5.11 Å². The van der Waals surface area contributed by atoms with Crippen LogP contribution in [0.2, 0.25) is 0 Å². The molecule has 25 heavy (non-hydrogen) atoms. The molecule has 2 aliphatic heterocycles. The standard InChI is InChI=1S/C17H26N6O2/c24-16(25)22-8-5-17(11-22)9-14(10-17)21-6-3-12(4-7-21)15-18-19-20-23(15)13-1-2-13/h12-14H,1-11H2,(H,24,25). The van der Waals surface area contributed by atoms with Crippen molar-refractivity contribution in [1.29, 1.82) is 0 Å². The van der Waals surface area contributed by atoms with Gasteiger partial charge >= 0.3 is 6.09 Å². The lowest BCUT2D eigenvalue weighted by molar-refractivity contribution is -0.00440. The van der Waals surface area contributed by atoms with Crippen LogP contribution in [-0.4, -0.2) is 73.4 Å². The molecule has 1 aromatic heterocycles. The second-order valence-corrected chi connectivity index (χ2v) is 8.54. The molecule has 1 spiro atoms. The second-order valence-electron chi connectivity index (χ2n) is 8.54. The van der Waals surface area contributed by atoms with Gasteiger partial charge < -0.3 is 14.9 Å². The first-order valence-electron chi connectivity index (χ1n) is 9.63. The third-order valence-electron chi connectivity index (χ3n) is 6.87. The molecular weight excluding hydrogens is 320 g/mol. The van der Waals surface area contributed by atoms with Crippen molar-refractivity contribution in [3.63, 3.8) is 0 Å². The van der Waals surface area contributed by atoms with E-state index in [1.165, 1.54) is 25.7 Å². The predicted molar refractivity (Wildman–Crippen MR) is 89.3 cm³/mol. The van der Waals surface area contributed by atoms with Crippen molar-refractivity contribution in [2.24, 2.45) is 5.41 Å². The number of piperidine rings is 1. The van der Waals surface area contributed by atoms with Crippen LogP contribution in [0.4, 0.5) is 4.79 Å². The Morgan fingerprint density at radius 3 is 2.48 bits per heavy atom. The highest BCUT2D eigenvalue weighted by atomic mass is 16.4. The SMILES string of the molecule is O=C(O)N1CCC2(CC(N3CCC(c4nnnn4C4CC4)CC3)C2)C1. The zero-order chi connectivity index (χ0) is 17.0. The lowest BCUT2D eigenvalue weighted by Crippen LogP contribution is -2.54. The molecule has 8 heteroatoms. The van der Waals surface area contributed by atoms with Gasteiger partial charge in [0.1, 0.15) is 0 Å². The third kappa shape index (κ3) is 2.70. The normalized spacial score (nSPS) is 33.8. The van der Waals surface area contributed by atoms with E-state index < -0.39 is 6.09 Å². The Bertz CT molecular complexity index is 658. The Kier molecular flexibility index (Phi) is 3.52. The van der Waals surface area contributed by atoms with Crippen molar-refractivity contribution in [3.8, 4) is 0 Å². The molecule has 1 aromatic rings. The van der Waals surface area contributed by atoms with Crippen LogP contribution in [-0.2, 0) is 0 Å². The number of amides is 1.